The number of hydrogen-bond donors (Lipinski definition) is 1. The van der Waals surface area contributed by atoms with Crippen LogP contribution in [0.15, 0.2) is 18.2 Å². The Morgan fingerprint density at radius 3 is 2.55 bits per heavy atom. The van der Waals surface area contributed by atoms with Gasteiger partial charge in [0.15, 0.2) is 11.6 Å². The van der Waals surface area contributed by atoms with E-state index < -0.39 is 11.6 Å². The fraction of sp³-hybridized carbons (Fsp3) is 0.476. The van der Waals surface area contributed by atoms with Gasteiger partial charge in [-0.3, -0.25) is 9.69 Å². The maximum Gasteiger partial charge on any atom is 0.270 e. The van der Waals surface area contributed by atoms with E-state index in [1.165, 1.54) is 12.1 Å². The lowest BCUT2D eigenvalue weighted by molar-refractivity contribution is 0.0940. The first-order valence-corrected chi connectivity index (χ1v) is 10.0. The van der Waals surface area contributed by atoms with Crippen molar-refractivity contribution in [3.63, 3.8) is 0 Å². The van der Waals surface area contributed by atoms with Gasteiger partial charge in [-0.15, -0.1) is 0 Å². The van der Waals surface area contributed by atoms with Gasteiger partial charge in [0, 0.05) is 50.7 Å². The summed E-state index contributed by atoms with van der Waals surface area (Å²) in [5, 5.41) is 2.86. The van der Waals surface area contributed by atoms with Crippen molar-refractivity contribution in [1.29, 1.82) is 0 Å². The Morgan fingerprint density at radius 2 is 1.86 bits per heavy atom. The Labute approximate surface area is 168 Å². The zero-order valence-electron chi connectivity index (χ0n) is 16.7. The number of benzene rings is 1. The molecule has 0 unspecified atom stereocenters. The van der Waals surface area contributed by atoms with Crippen LogP contribution in [0.2, 0.25) is 0 Å². The van der Waals surface area contributed by atoms with Crippen molar-refractivity contribution in [3.05, 3.63) is 52.5 Å². The molecule has 1 aromatic heterocycles. The molecular formula is C21H25F2N5O. The number of aromatic nitrogens is 2. The van der Waals surface area contributed by atoms with E-state index in [1.54, 1.807) is 6.07 Å². The largest absolute Gasteiger partial charge is 0.354 e. The minimum absolute atomic E-state index is 0.128. The molecule has 1 amide bonds. The minimum atomic E-state index is -0.822. The second-order valence-electron chi connectivity index (χ2n) is 7.90. The van der Waals surface area contributed by atoms with E-state index >= 15 is 0 Å². The fourth-order valence-corrected chi connectivity index (χ4v) is 3.83. The molecule has 0 radical (unpaired) electrons. The molecule has 3 heterocycles. The Hall–Kier alpha value is -2.61. The summed E-state index contributed by atoms with van der Waals surface area (Å²) in [6, 6.07) is 4.06. The van der Waals surface area contributed by atoms with Crippen LogP contribution >= 0.6 is 0 Å². The number of piperazine rings is 1. The van der Waals surface area contributed by atoms with Gasteiger partial charge >= 0.3 is 0 Å². The lowest BCUT2D eigenvalue weighted by Gasteiger charge is -2.37. The summed E-state index contributed by atoms with van der Waals surface area (Å²) in [7, 11) is 0. The maximum atomic E-state index is 13.5. The molecule has 4 rings (SSSR count). The number of carbonyl (C=O) groups excluding carboxylic acids is 1. The Kier molecular flexibility index (Phi) is 5.45. The average molecular weight is 401 g/mol. The SMILES string of the molecule is CC(C)c1nc2c(c(N3CCN(Cc4ccc(F)c(F)c4)CC3)n1)CCNC2=O. The zero-order valence-corrected chi connectivity index (χ0v) is 16.7. The van der Waals surface area contributed by atoms with Crippen molar-refractivity contribution in [2.24, 2.45) is 0 Å². The van der Waals surface area contributed by atoms with Crippen LogP contribution < -0.4 is 10.2 Å². The molecule has 1 aromatic carbocycles. The van der Waals surface area contributed by atoms with Crippen LogP contribution in [-0.2, 0) is 13.0 Å². The molecule has 2 aliphatic heterocycles. The number of amides is 1. The second-order valence-corrected chi connectivity index (χ2v) is 7.90. The smallest absolute Gasteiger partial charge is 0.270 e. The van der Waals surface area contributed by atoms with Gasteiger partial charge < -0.3 is 10.2 Å². The highest BCUT2D eigenvalue weighted by Crippen LogP contribution is 2.27. The van der Waals surface area contributed by atoms with Gasteiger partial charge in [-0.1, -0.05) is 19.9 Å². The summed E-state index contributed by atoms with van der Waals surface area (Å²) in [6.45, 7) is 8.28. The first kappa shape index (κ1) is 19.7. The van der Waals surface area contributed by atoms with Crippen LogP contribution in [0.1, 0.15) is 47.2 Å². The molecule has 1 fully saturated rings. The summed E-state index contributed by atoms with van der Waals surface area (Å²) in [5.41, 5.74) is 2.18. The number of carbonyl (C=O) groups is 1. The third kappa shape index (κ3) is 4.07. The molecule has 0 saturated carbocycles. The van der Waals surface area contributed by atoms with Gasteiger partial charge in [0.05, 0.1) is 0 Å². The van der Waals surface area contributed by atoms with Crippen LogP contribution in [0.25, 0.3) is 0 Å². The van der Waals surface area contributed by atoms with E-state index in [9.17, 15) is 13.6 Å². The van der Waals surface area contributed by atoms with E-state index in [-0.39, 0.29) is 11.8 Å². The third-order valence-electron chi connectivity index (χ3n) is 5.46. The van der Waals surface area contributed by atoms with Crippen LogP contribution in [-0.4, -0.2) is 53.5 Å². The lowest BCUT2D eigenvalue weighted by atomic mass is 10.0. The predicted octanol–water partition coefficient (Wildman–Crippen LogP) is 2.49. The molecule has 0 bridgehead atoms. The predicted molar refractivity (Wildman–Crippen MR) is 106 cm³/mol. The average Bonchev–Trinajstić information content (AvgIpc) is 2.71. The van der Waals surface area contributed by atoms with Crippen molar-refractivity contribution in [2.75, 3.05) is 37.6 Å². The molecule has 1 saturated heterocycles. The molecule has 29 heavy (non-hydrogen) atoms. The Bertz CT molecular complexity index is 926. The van der Waals surface area contributed by atoms with Gasteiger partial charge in [0.1, 0.15) is 17.3 Å². The molecule has 154 valence electrons. The van der Waals surface area contributed by atoms with E-state index in [0.29, 0.717) is 24.6 Å². The van der Waals surface area contributed by atoms with Crippen LogP contribution in [0, 0.1) is 11.6 Å². The highest BCUT2D eigenvalue weighted by atomic mass is 19.2. The molecular weight excluding hydrogens is 376 g/mol. The van der Waals surface area contributed by atoms with Crippen molar-refractivity contribution >= 4 is 11.7 Å². The number of nitrogens with zero attached hydrogens (tertiary/aromatic N) is 4. The van der Waals surface area contributed by atoms with Gasteiger partial charge in [-0.2, -0.15) is 0 Å². The van der Waals surface area contributed by atoms with E-state index in [4.69, 9.17) is 4.98 Å². The highest BCUT2D eigenvalue weighted by Gasteiger charge is 2.28. The fourth-order valence-electron chi connectivity index (χ4n) is 3.83. The third-order valence-corrected chi connectivity index (χ3v) is 5.46. The molecule has 0 aliphatic carbocycles. The molecule has 8 heteroatoms. The standard InChI is InChI=1S/C21H25F2N5O/c1-13(2)19-25-18-15(5-6-24-21(18)29)20(26-19)28-9-7-27(8-10-28)12-14-3-4-16(22)17(23)11-14/h3-4,11,13H,5-10,12H2,1-2H3,(H,24,29). The van der Waals surface area contributed by atoms with Crippen molar-refractivity contribution in [3.8, 4) is 0 Å². The van der Waals surface area contributed by atoms with Gasteiger partial charge in [0.25, 0.3) is 5.91 Å². The van der Waals surface area contributed by atoms with Crippen molar-refractivity contribution in [2.45, 2.75) is 32.7 Å². The molecule has 6 nitrogen and oxygen atoms in total. The highest BCUT2D eigenvalue weighted by molar-refractivity contribution is 5.96. The van der Waals surface area contributed by atoms with Crippen LogP contribution in [0.4, 0.5) is 14.6 Å². The quantitative estimate of drug-likeness (QED) is 0.853. The maximum absolute atomic E-state index is 13.5. The number of rotatable bonds is 4. The van der Waals surface area contributed by atoms with E-state index in [0.717, 1.165) is 49.5 Å². The summed E-state index contributed by atoms with van der Waals surface area (Å²) >= 11 is 0. The van der Waals surface area contributed by atoms with E-state index in [1.807, 2.05) is 13.8 Å². The van der Waals surface area contributed by atoms with Gasteiger partial charge in [-0.25, -0.2) is 18.7 Å². The van der Waals surface area contributed by atoms with Crippen molar-refractivity contribution < 1.29 is 13.6 Å². The van der Waals surface area contributed by atoms with E-state index in [2.05, 4.69) is 20.1 Å². The topological polar surface area (TPSA) is 61.4 Å². The number of fused-ring (bicyclic) bond motifs is 1. The number of hydrogen-bond acceptors (Lipinski definition) is 5. The van der Waals surface area contributed by atoms with Crippen LogP contribution in [0.5, 0.6) is 0 Å². The second kappa shape index (κ2) is 8.02. The summed E-state index contributed by atoms with van der Waals surface area (Å²) in [6.07, 6.45) is 0.726. The first-order chi connectivity index (χ1) is 13.9. The molecule has 1 N–H and O–H groups in total. The van der Waals surface area contributed by atoms with Gasteiger partial charge in [-0.05, 0) is 24.1 Å². The first-order valence-electron chi connectivity index (χ1n) is 10.0. The molecule has 2 aromatic rings. The van der Waals surface area contributed by atoms with Crippen molar-refractivity contribution in [1.82, 2.24) is 20.2 Å². The number of anilines is 1. The minimum Gasteiger partial charge on any atom is -0.354 e. The molecule has 0 atom stereocenters. The monoisotopic (exact) mass is 401 g/mol. The number of halogens is 2. The normalized spacial score (nSPS) is 17.4. The van der Waals surface area contributed by atoms with Gasteiger partial charge in [0.2, 0.25) is 0 Å². The summed E-state index contributed by atoms with van der Waals surface area (Å²) in [4.78, 5) is 26.1. The zero-order chi connectivity index (χ0) is 20.5. The van der Waals surface area contributed by atoms with Crippen LogP contribution in [0.3, 0.4) is 0 Å². The summed E-state index contributed by atoms with van der Waals surface area (Å²) in [5.74, 6) is -0.0939. The lowest BCUT2D eigenvalue weighted by Crippen LogP contribution is -2.47. The molecule has 2 aliphatic rings. The Balaban J connectivity index is 1.51. The Morgan fingerprint density at radius 1 is 1.10 bits per heavy atom. The summed E-state index contributed by atoms with van der Waals surface area (Å²) < 4.78 is 26.6. The number of nitrogens with one attached hydrogen (secondary N) is 1. The molecule has 0 spiro atoms.